The molecule has 19 heavy (non-hydrogen) atoms. The second-order valence-electron chi connectivity index (χ2n) is 4.03. The van der Waals surface area contributed by atoms with E-state index in [1.807, 2.05) is 19.2 Å². The topological polar surface area (TPSA) is 24.9 Å². The van der Waals surface area contributed by atoms with E-state index in [9.17, 15) is 8.78 Å². The molecule has 102 valence electrons. The van der Waals surface area contributed by atoms with E-state index in [2.05, 4.69) is 10.3 Å². The molecule has 0 saturated heterocycles. The lowest BCUT2D eigenvalue weighted by molar-refractivity contribution is 0.535. The number of nitrogens with one attached hydrogen (secondary N) is 1. The first-order chi connectivity index (χ1) is 9.10. The Bertz CT molecular complexity index is 547. The zero-order valence-electron chi connectivity index (χ0n) is 10.7. The first kappa shape index (κ1) is 14.4. The summed E-state index contributed by atoms with van der Waals surface area (Å²) in [6.45, 7) is 5.03. The van der Waals surface area contributed by atoms with Crippen molar-refractivity contribution >= 4 is 23.1 Å². The Balaban J connectivity index is 2.21. The maximum absolute atomic E-state index is 13.9. The summed E-state index contributed by atoms with van der Waals surface area (Å²) in [5.74, 6) is -1.07. The molecule has 0 fully saturated rings. The lowest BCUT2D eigenvalue weighted by Crippen LogP contribution is -2.12. The number of thiazole rings is 1. The van der Waals surface area contributed by atoms with Crippen LogP contribution in [0.2, 0.25) is 0 Å². The van der Waals surface area contributed by atoms with Crippen molar-refractivity contribution in [1.82, 2.24) is 10.3 Å². The Morgan fingerprint density at radius 2 is 2.00 bits per heavy atom. The summed E-state index contributed by atoms with van der Waals surface area (Å²) < 4.78 is 28.5. The van der Waals surface area contributed by atoms with Crippen molar-refractivity contribution in [2.24, 2.45) is 0 Å². The molecule has 0 aliphatic carbocycles. The molecule has 2 rings (SSSR count). The first-order valence-corrected chi connectivity index (χ1v) is 7.58. The van der Waals surface area contributed by atoms with Crippen LogP contribution in [0.4, 0.5) is 8.78 Å². The van der Waals surface area contributed by atoms with Crippen LogP contribution in [0.3, 0.4) is 0 Å². The minimum Gasteiger partial charge on any atom is -0.313 e. The molecule has 1 N–H and O–H groups in total. The SMILES string of the molecule is CCNCc1cc(F)c(Sc2nc(C)cs2)c(F)c1. The Hall–Kier alpha value is -0.980. The van der Waals surface area contributed by atoms with Crippen LogP contribution in [0.25, 0.3) is 0 Å². The number of benzene rings is 1. The average molecular weight is 300 g/mol. The summed E-state index contributed by atoms with van der Waals surface area (Å²) in [6, 6.07) is 2.74. The number of hydrogen-bond donors (Lipinski definition) is 1. The molecule has 0 radical (unpaired) electrons. The molecule has 0 aliphatic rings. The molecule has 1 aromatic carbocycles. The van der Waals surface area contributed by atoms with Gasteiger partial charge in [-0.25, -0.2) is 13.8 Å². The quantitative estimate of drug-likeness (QED) is 0.903. The highest BCUT2D eigenvalue weighted by Gasteiger charge is 2.14. The second kappa shape index (κ2) is 6.45. The second-order valence-corrected chi connectivity index (χ2v) is 6.14. The van der Waals surface area contributed by atoms with Crippen LogP contribution in [-0.2, 0) is 6.54 Å². The third-order valence-electron chi connectivity index (χ3n) is 2.42. The molecule has 0 saturated carbocycles. The van der Waals surface area contributed by atoms with E-state index in [0.717, 1.165) is 24.0 Å². The minimum absolute atomic E-state index is 0.00889. The van der Waals surface area contributed by atoms with Crippen LogP contribution in [0, 0.1) is 18.6 Å². The number of aryl methyl sites for hydroxylation is 1. The van der Waals surface area contributed by atoms with E-state index in [1.54, 1.807) is 0 Å². The van der Waals surface area contributed by atoms with E-state index in [4.69, 9.17) is 0 Å². The predicted octanol–water partition coefficient (Wildman–Crippen LogP) is 3.99. The number of rotatable bonds is 5. The summed E-state index contributed by atoms with van der Waals surface area (Å²) in [7, 11) is 0. The van der Waals surface area contributed by atoms with E-state index in [1.165, 1.54) is 23.5 Å². The standard InChI is InChI=1S/C13H14F2N2S2/c1-3-16-6-9-4-10(14)12(11(15)5-9)19-13-17-8(2)7-18-13/h4-5,7,16H,3,6H2,1-2H3. The highest BCUT2D eigenvalue weighted by molar-refractivity contribution is 8.01. The van der Waals surface area contributed by atoms with Crippen molar-refractivity contribution in [2.75, 3.05) is 6.54 Å². The van der Waals surface area contributed by atoms with Gasteiger partial charge in [0.1, 0.15) is 11.6 Å². The monoisotopic (exact) mass is 300 g/mol. The zero-order chi connectivity index (χ0) is 13.8. The number of hydrogen-bond acceptors (Lipinski definition) is 4. The van der Waals surface area contributed by atoms with Gasteiger partial charge in [-0.15, -0.1) is 11.3 Å². The fourth-order valence-electron chi connectivity index (χ4n) is 1.55. The third-order valence-corrected chi connectivity index (χ3v) is 4.58. The van der Waals surface area contributed by atoms with Crippen molar-refractivity contribution in [3.63, 3.8) is 0 Å². The van der Waals surface area contributed by atoms with Gasteiger partial charge in [-0.1, -0.05) is 18.7 Å². The predicted molar refractivity (Wildman–Crippen MR) is 74.7 cm³/mol. The summed E-state index contributed by atoms with van der Waals surface area (Å²) in [4.78, 5) is 4.20. The molecule has 0 unspecified atom stereocenters. The van der Waals surface area contributed by atoms with Gasteiger partial charge in [0.25, 0.3) is 0 Å². The van der Waals surface area contributed by atoms with Crippen LogP contribution in [-0.4, -0.2) is 11.5 Å². The van der Waals surface area contributed by atoms with Crippen LogP contribution >= 0.6 is 23.1 Å². The lowest BCUT2D eigenvalue weighted by atomic mass is 10.2. The molecular formula is C13H14F2N2S2. The van der Waals surface area contributed by atoms with Gasteiger partial charge in [-0.3, -0.25) is 0 Å². The maximum atomic E-state index is 13.9. The molecular weight excluding hydrogens is 286 g/mol. The fourth-order valence-corrected chi connectivity index (χ4v) is 3.33. The van der Waals surface area contributed by atoms with Gasteiger partial charge in [-0.2, -0.15) is 0 Å². The van der Waals surface area contributed by atoms with Crippen molar-refractivity contribution in [3.8, 4) is 0 Å². The highest BCUT2D eigenvalue weighted by Crippen LogP contribution is 2.34. The summed E-state index contributed by atoms with van der Waals surface area (Å²) >= 11 is 2.42. The molecule has 1 aromatic heterocycles. The Morgan fingerprint density at radius 1 is 1.32 bits per heavy atom. The Kier molecular flexibility index (Phi) is 4.90. The summed E-state index contributed by atoms with van der Waals surface area (Å²) in [5.41, 5.74) is 1.47. The molecule has 0 aliphatic heterocycles. The fraction of sp³-hybridized carbons (Fsp3) is 0.308. The van der Waals surface area contributed by atoms with E-state index < -0.39 is 11.6 Å². The minimum atomic E-state index is -0.536. The molecule has 0 amide bonds. The van der Waals surface area contributed by atoms with Crippen LogP contribution in [0.1, 0.15) is 18.2 Å². The normalized spacial score (nSPS) is 10.9. The van der Waals surface area contributed by atoms with Gasteiger partial charge in [-0.05, 0) is 31.2 Å². The number of nitrogens with zero attached hydrogens (tertiary/aromatic N) is 1. The smallest absolute Gasteiger partial charge is 0.155 e. The molecule has 0 spiro atoms. The van der Waals surface area contributed by atoms with E-state index >= 15 is 0 Å². The van der Waals surface area contributed by atoms with Crippen molar-refractivity contribution in [2.45, 2.75) is 29.6 Å². The first-order valence-electron chi connectivity index (χ1n) is 5.88. The van der Waals surface area contributed by atoms with Crippen LogP contribution in [0.15, 0.2) is 26.7 Å². The third kappa shape index (κ3) is 3.75. The van der Waals surface area contributed by atoms with Crippen molar-refractivity contribution < 1.29 is 8.78 Å². The highest BCUT2D eigenvalue weighted by atomic mass is 32.2. The largest absolute Gasteiger partial charge is 0.313 e. The molecule has 2 nitrogen and oxygen atoms in total. The van der Waals surface area contributed by atoms with Crippen LogP contribution in [0.5, 0.6) is 0 Å². The average Bonchev–Trinajstić information content (AvgIpc) is 2.77. The molecule has 0 atom stereocenters. The Labute approximate surface area is 119 Å². The number of aromatic nitrogens is 1. The Morgan fingerprint density at radius 3 is 2.53 bits per heavy atom. The molecule has 0 bridgehead atoms. The number of halogens is 2. The van der Waals surface area contributed by atoms with Gasteiger partial charge < -0.3 is 5.32 Å². The van der Waals surface area contributed by atoms with Gasteiger partial charge in [0, 0.05) is 17.6 Å². The van der Waals surface area contributed by atoms with Gasteiger partial charge in [0.05, 0.1) is 4.90 Å². The maximum Gasteiger partial charge on any atom is 0.155 e. The van der Waals surface area contributed by atoms with E-state index in [-0.39, 0.29) is 4.90 Å². The van der Waals surface area contributed by atoms with E-state index in [0.29, 0.717) is 16.4 Å². The van der Waals surface area contributed by atoms with Crippen molar-refractivity contribution in [3.05, 3.63) is 40.4 Å². The molecule has 1 heterocycles. The van der Waals surface area contributed by atoms with Crippen LogP contribution < -0.4 is 5.32 Å². The molecule has 6 heteroatoms. The van der Waals surface area contributed by atoms with Gasteiger partial charge in [0.15, 0.2) is 4.34 Å². The van der Waals surface area contributed by atoms with Gasteiger partial charge in [0.2, 0.25) is 0 Å². The van der Waals surface area contributed by atoms with Gasteiger partial charge >= 0.3 is 0 Å². The van der Waals surface area contributed by atoms with Crippen molar-refractivity contribution in [1.29, 1.82) is 0 Å². The summed E-state index contributed by atoms with van der Waals surface area (Å²) in [5, 5.41) is 4.90. The summed E-state index contributed by atoms with van der Waals surface area (Å²) in [6.07, 6.45) is 0. The lowest BCUT2D eigenvalue weighted by Gasteiger charge is -2.07. The zero-order valence-corrected chi connectivity index (χ0v) is 12.3. The molecule has 2 aromatic rings.